The molecule has 0 radical (unpaired) electrons. The van der Waals surface area contributed by atoms with Gasteiger partial charge < -0.3 is 10.1 Å². The summed E-state index contributed by atoms with van der Waals surface area (Å²) in [5.74, 6) is -0.167. The molecule has 0 aromatic rings. The first-order valence-corrected chi connectivity index (χ1v) is 8.04. The van der Waals surface area contributed by atoms with Crippen molar-refractivity contribution in [3.05, 3.63) is 0 Å². The molecule has 0 aliphatic heterocycles. The van der Waals surface area contributed by atoms with Gasteiger partial charge in [-0.25, -0.2) is 0 Å². The molecular formula is C13H23IN2O3. The minimum atomic E-state index is -0.219. The van der Waals surface area contributed by atoms with Crippen molar-refractivity contribution in [3.8, 4) is 0 Å². The van der Waals surface area contributed by atoms with Gasteiger partial charge in [-0.15, -0.1) is 0 Å². The lowest BCUT2D eigenvalue weighted by molar-refractivity contribution is -0.143. The number of hydrogen-bond donors (Lipinski definition) is 2. The molecule has 0 atom stereocenters. The summed E-state index contributed by atoms with van der Waals surface area (Å²) in [5.41, 5.74) is 0. The molecule has 0 bridgehead atoms. The first-order valence-electron chi connectivity index (χ1n) is 6.96. The predicted octanol–water partition coefficient (Wildman–Crippen LogP) is 2.09. The molecule has 0 spiro atoms. The number of nitrogens with one attached hydrogen (secondary N) is 2. The molecule has 1 aliphatic carbocycles. The molecule has 1 aliphatic rings. The summed E-state index contributed by atoms with van der Waals surface area (Å²) in [5, 5.41) is 3.05. The fraction of sp³-hybridized carbons (Fsp3) is 0.846. The van der Waals surface area contributed by atoms with Crippen molar-refractivity contribution in [1.29, 1.82) is 0 Å². The van der Waals surface area contributed by atoms with Crippen molar-refractivity contribution >= 4 is 34.7 Å². The molecule has 1 rings (SSSR count). The number of ether oxygens (including phenoxy) is 1. The molecule has 0 saturated heterocycles. The smallest absolute Gasteiger partial charge is 0.305 e. The third-order valence-corrected chi connectivity index (χ3v) is 4.22. The Morgan fingerprint density at radius 3 is 2.37 bits per heavy atom. The van der Waals surface area contributed by atoms with Crippen molar-refractivity contribution in [2.75, 3.05) is 6.61 Å². The largest absolute Gasteiger partial charge is 0.466 e. The van der Waals surface area contributed by atoms with E-state index in [0.29, 0.717) is 38.0 Å². The molecule has 1 fully saturated rings. The van der Waals surface area contributed by atoms with Gasteiger partial charge in [0.25, 0.3) is 0 Å². The fourth-order valence-electron chi connectivity index (χ4n) is 2.27. The van der Waals surface area contributed by atoms with Gasteiger partial charge >= 0.3 is 5.97 Å². The summed E-state index contributed by atoms with van der Waals surface area (Å²) in [7, 11) is 0. The van der Waals surface area contributed by atoms with Crippen LogP contribution >= 0.6 is 22.9 Å². The van der Waals surface area contributed by atoms with Gasteiger partial charge in [-0.05, 0) is 39.0 Å². The number of carbonyl (C=O) groups excluding carboxylic acids is 2. The van der Waals surface area contributed by atoms with Crippen LogP contribution in [0, 0.1) is 0 Å². The monoisotopic (exact) mass is 382 g/mol. The Kier molecular flexibility index (Phi) is 8.36. The number of rotatable bonds is 7. The summed E-state index contributed by atoms with van der Waals surface area (Å²) >= 11 is 2.19. The number of esters is 1. The van der Waals surface area contributed by atoms with Gasteiger partial charge in [0.1, 0.15) is 0 Å². The van der Waals surface area contributed by atoms with Crippen LogP contribution in [0.15, 0.2) is 0 Å². The Hall–Kier alpha value is -0.370. The zero-order valence-corrected chi connectivity index (χ0v) is 13.6. The molecular weight excluding hydrogens is 359 g/mol. The van der Waals surface area contributed by atoms with Gasteiger partial charge in [-0.2, -0.15) is 0 Å². The first-order chi connectivity index (χ1) is 9.15. The quantitative estimate of drug-likeness (QED) is 0.402. The molecule has 0 heterocycles. The number of halogens is 1. The average Bonchev–Trinajstić information content (AvgIpc) is 2.40. The summed E-state index contributed by atoms with van der Waals surface area (Å²) in [6.45, 7) is 2.19. The van der Waals surface area contributed by atoms with E-state index in [0.717, 1.165) is 25.7 Å². The molecule has 2 N–H and O–H groups in total. The van der Waals surface area contributed by atoms with Crippen LogP contribution in [0.5, 0.6) is 0 Å². The maximum absolute atomic E-state index is 11.7. The second kappa shape index (κ2) is 9.52. The molecule has 110 valence electrons. The molecule has 0 unspecified atom stereocenters. The van der Waals surface area contributed by atoms with E-state index in [4.69, 9.17) is 4.74 Å². The molecule has 0 aromatic heterocycles. The van der Waals surface area contributed by atoms with E-state index in [2.05, 4.69) is 31.7 Å². The van der Waals surface area contributed by atoms with Gasteiger partial charge in [0.2, 0.25) is 5.91 Å². The molecule has 19 heavy (non-hydrogen) atoms. The van der Waals surface area contributed by atoms with Crippen LogP contribution in [0.2, 0.25) is 0 Å². The molecule has 1 saturated carbocycles. The Morgan fingerprint density at radius 1 is 1.16 bits per heavy atom. The van der Waals surface area contributed by atoms with Gasteiger partial charge in [0.05, 0.1) is 6.61 Å². The minimum Gasteiger partial charge on any atom is -0.466 e. The van der Waals surface area contributed by atoms with Crippen LogP contribution < -0.4 is 8.85 Å². The summed E-state index contributed by atoms with van der Waals surface area (Å²) in [6.07, 6.45) is 5.58. The molecule has 1 amide bonds. The third-order valence-electron chi connectivity index (χ3n) is 3.34. The second-order valence-corrected chi connectivity index (χ2v) is 5.51. The van der Waals surface area contributed by atoms with Crippen LogP contribution in [-0.2, 0) is 14.3 Å². The second-order valence-electron chi connectivity index (χ2n) is 4.88. The van der Waals surface area contributed by atoms with E-state index in [1.54, 1.807) is 6.92 Å². The van der Waals surface area contributed by atoms with Crippen molar-refractivity contribution < 1.29 is 14.3 Å². The first kappa shape index (κ1) is 16.7. The minimum absolute atomic E-state index is 0.0511. The summed E-state index contributed by atoms with van der Waals surface area (Å²) < 4.78 is 8.06. The van der Waals surface area contributed by atoms with E-state index in [1.165, 1.54) is 0 Å². The van der Waals surface area contributed by atoms with Gasteiger partial charge in [0, 0.05) is 47.8 Å². The predicted molar refractivity (Wildman–Crippen MR) is 81.8 cm³/mol. The van der Waals surface area contributed by atoms with Gasteiger partial charge in [0.15, 0.2) is 0 Å². The zero-order chi connectivity index (χ0) is 14.1. The zero-order valence-electron chi connectivity index (χ0n) is 11.4. The Bertz CT molecular complexity index is 292. The van der Waals surface area contributed by atoms with Gasteiger partial charge in [-0.3, -0.25) is 13.1 Å². The molecule has 0 aromatic carbocycles. The average molecular weight is 382 g/mol. The van der Waals surface area contributed by atoms with Crippen molar-refractivity contribution in [3.63, 3.8) is 0 Å². The lowest BCUT2D eigenvalue weighted by Crippen LogP contribution is -2.40. The number of amides is 1. The Labute approximate surface area is 128 Å². The maximum Gasteiger partial charge on any atom is 0.305 e. The third kappa shape index (κ3) is 7.10. The Balaban J connectivity index is 2.09. The highest BCUT2D eigenvalue weighted by atomic mass is 127. The van der Waals surface area contributed by atoms with E-state index < -0.39 is 0 Å². The van der Waals surface area contributed by atoms with E-state index >= 15 is 0 Å². The summed E-state index contributed by atoms with van der Waals surface area (Å²) in [6, 6.07) is 0.883. The molecule has 5 nitrogen and oxygen atoms in total. The van der Waals surface area contributed by atoms with E-state index in [9.17, 15) is 9.59 Å². The van der Waals surface area contributed by atoms with Gasteiger partial charge in [-0.1, -0.05) is 0 Å². The van der Waals surface area contributed by atoms with Crippen LogP contribution in [0.25, 0.3) is 0 Å². The SMILES string of the molecule is CCOC(=O)CCCC(=O)NC1CCC(NI)CC1. The van der Waals surface area contributed by atoms with Crippen molar-refractivity contribution in [1.82, 2.24) is 8.85 Å². The van der Waals surface area contributed by atoms with Crippen molar-refractivity contribution in [2.45, 2.75) is 64.0 Å². The highest BCUT2D eigenvalue weighted by Crippen LogP contribution is 2.19. The van der Waals surface area contributed by atoms with Crippen LogP contribution in [0.4, 0.5) is 0 Å². The van der Waals surface area contributed by atoms with Crippen LogP contribution in [0.3, 0.4) is 0 Å². The molecule has 6 heteroatoms. The topological polar surface area (TPSA) is 67.4 Å². The number of carbonyl (C=O) groups is 2. The number of hydrogen-bond acceptors (Lipinski definition) is 4. The highest BCUT2D eigenvalue weighted by molar-refractivity contribution is 14.1. The standard InChI is InChI=1S/C13H23IN2O3/c1-2-19-13(18)5-3-4-12(17)15-10-6-8-11(16-14)9-7-10/h10-11,16H,2-9H2,1H3,(H,15,17). The summed E-state index contributed by atoms with van der Waals surface area (Å²) in [4.78, 5) is 22.8. The van der Waals surface area contributed by atoms with Crippen molar-refractivity contribution in [2.24, 2.45) is 0 Å². The highest BCUT2D eigenvalue weighted by Gasteiger charge is 2.21. The van der Waals surface area contributed by atoms with E-state index in [1.807, 2.05) is 0 Å². The lowest BCUT2D eigenvalue weighted by Gasteiger charge is -2.28. The Morgan fingerprint density at radius 2 is 1.79 bits per heavy atom. The van der Waals surface area contributed by atoms with Crippen LogP contribution in [0.1, 0.15) is 51.9 Å². The maximum atomic E-state index is 11.7. The normalized spacial score (nSPS) is 22.8. The van der Waals surface area contributed by atoms with E-state index in [-0.39, 0.29) is 11.9 Å². The fourth-order valence-corrected chi connectivity index (χ4v) is 2.90. The lowest BCUT2D eigenvalue weighted by atomic mass is 9.92. The van der Waals surface area contributed by atoms with Crippen LogP contribution in [-0.4, -0.2) is 30.6 Å².